The Hall–Kier alpha value is -4.92. The molecule has 1 fully saturated rings. The zero-order valence-corrected chi connectivity index (χ0v) is 25.8. The van der Waals surface area contributed by atoms with E-state index < -0.39 is 0 Å². The Labute approximate surface area is 252 Å². The van der Waals surface area contributed by atoms with Crippen molar-refractivity contribution in [1.82, 2.24) is 14.5 Å². The van der Waals surface area contributed by atoms with Crippen LogP contribution in [-0.2, 0) is 12.5 Å². The number of hydrogen-bond acceptors (Lipinski definition) is 5. The van der Waals surface area contributed by atoms with Gasteiger partial charge in [0.2, 0.25) is 0 Å². The predicted molar refractivity (Wildman–Crippen MR) is 173 cm³/mol. The number of aryl methyl sites for hydroxylation is 1. The largest absolute Gasteiger partial charge is 0.345 e. The summed E-state index contributed by atoms with van der Waals surface area (Å²) in [5, 5.41) is 3.10. The number of amides is 3. The van der Waals surface area contributed by atoms with Crippen LogP contribution in [0.25, 0.3) is 11.3 Å². The Kier molecular flexibility index (Phi) is 7.84. The summed E-state index contributed by atoms with van der Waals surface area (Å²) in [7, 11) is 5.06. The standard InChI is InChI=1S/C34H38N6O3/c1-22-27(28-21-38(7)32(42)30(36-28)35-25-11-8-10-23(20-25)31(41)37(5)6)12-9-13-29(22)40-19-18-39(33(40)43)26-16-14-24(15-17-26)34(2,3)4/h8-17,20-21H,18-19H2,1-7H3,(H,35,36). The first kappa shape index (κ1) is 29.6. The van der Waals surface area contributed by atoms with Gasteiger partial charge in [0, 0.05) is 68.6 Å². The lowest BCUT2D eigenvalue weighted by atomic mass is 9.87. The number of nitrogens with one attached hydrogen (secondary N) is 1. The fourth-order valence-corrected chi connectivity index (χ4v) is 5.28. The molecule has 4 aromatic rings. The van der Waals surface area contributed by atoms with Gasteiger partial charge >= 0.3 is 6.03 Å². The van der Waals surface area contributed by atoms with E-state index in [0.29, 0.717) is 30.0 Å². The summed E-state index contributed by atoms with van der Waals surface area (Å²) in [5.41, 5.74) is 6.00. The molecule has 1 saturated heterocycles. The van der Waals surface area contributed by atoms with Crippen LogP contribution in [-0.4, -0.2) is 53.6 Å². The molecule has 1 N–H and O–H groups in total. The Balaban J connectivity index is 1.44. The van der Waals surface area contributed by atoms with E-state index in [2.05, 4.69) is 38.2 Å². The maximum absolute atomic E-state index is 13.6. The minimum Gasteiger partial charge on any atom is -0.345 e. The molecule has 5 rings (SSSR count). The number of hydrogen-bond donors (Lipinski definition) is 1. The lowest BCUT2D eigenvalue weighted by Crippen LogP contribution is -2.32. The van der Waals surface area contributed by atoms with Gasteiger partial charge in [-0.2, -0.15) is 0 Å². The summed E-state index contributed by atoms with van der Waals surface area (Å²) in [6.45, 7) is 9.62. The summed E-state index contributed by atoms with van der Waals surface area (Å²) >= 11 is 0. The highest BCUT2D eigenvalue weighted by atomic mass is 16.2. The van der Waals surface area contributed by atoms with Crippen molar-refractivity contribution in [2.24, 2.45) is 7.05 Å². The second kappa shape index (κ2) is 11.4. The number of rotatable bonds is 6. The van der Waals surface area contributed by atoms with Crippen LogP contribution < -0.4 is 20.7 Å². The average molecular weight is 579 g/mol. The molecule has 0 spiro atoms. The van der Waals surface area contributed by atoms with Crippen molar-refractivity contribution in [3.05, 3.63) is 100.0 Å². The molecule has 0 unspecified atom stereocenters. The van der Waals surface area contributed by atoms with Gasteiger partial charge in [-0.15, -0.1) is 0 Å². The van der Waals surface area contributed by atoms with E-state index in [4.69, 9.17) is 4.98 Å². The molecule has 9 heteroatoms. The summed E-state index contributed by atoms with van der Waals surface area (Å²) in [5.74, 6) is 0.00373. The first-order valence-corrected chi connectivity index (χ1v) is 14.3. The van der Waals surface area contributed by atoms with Gasteiger partial charge in [0.25, 0.3) is 11.5 Å². The van der Waals surface area contributed by atoms with E-state index in [9.17, 15) is 14.4 Å². The zero-order valence-electron chi connectivity index (χ0n) is 25.8. The van der Waals surface area contributed by atoms with Crippen LogP contribution in [0.2, 0.25) is 0 Å². The fraction of sp³-hybridized carbons (Fsp3) is 0.294. The number of nitrogens with zero attached hydrogens (tertiary/aromatic N) is 5. The molecule has 1 aliphatic rings. The maximum Gasteiger partial charge on any atom is 0.329 e. The first-order valence-electron chi connectivity index (χ1n) is 14.3. The van der Waals surface area contributed by atoms with Crippen LogP contribution in [0.15, 0.2) is 77.7 Å². The molecule has 9 nitrogen and oxygen atoms in total. The van der Waals surface area contributed by atoms with Crippen LogP contribution in [0.3, 0.4) is 0 Å². The number of urea groups is 1. The third-order valence-corrected chi connectivity index (χ3v) is 7.78. The average Bonchev–Trinajstić information content (AvgIpc) is 3.35. The van der Waals surface area contributed by atoms with Crippen molar-refractivity contribution in [2.75, 3.05) is 42.3 Å². The number of anilines is 4. The Morgan fingerprint density at radius 2 is 1.60 bits per heavy atom. The predicted octanol–water partition coefficient (Wildman–Crippen LogP) is 5.95. The molecule has 0 atom stereocenters. The second-order valence-corrected chi connectivity index (χ2v) is 12.1. The van der Waals surface area contributed by atoms with Gasteiger partial charge in [-0.05, 0) is 59.9 Å². The van der Waals surface area contributed by atoms with Crippen molar-refractivity contribution >= 4 is 34.8 Å². The van der Waals surface area contributed by atoms with Gasteiger partial charge in [0.1, 0.15) is 0 Å². The van der Waals surface area contributed by atoms with Gasteiger partial charge in [0.15, 0.2) is 5.82 Å². The van der Waals surface area contributed by atoms with E-state index in [-0.39, 0.29) is 28.7 Å². The highest BCUT2D eigenvalue weighted by Crippen LogP contribution is 2.34. The molecule has 0 bridgehead atoms. The Morgan fingerprint density at radius 1 is 0.930 bits per heavy atom. The van der Waals surface area contributed by atoms with E-state index >= 15 is 0 Å². The monoisotopic (exact) mass is 578 g/mol. The normalized spacial score (nSPS) is 13.4. The van der Waals surface area contributed by atoms with Gasteiger partial charge in [-0.1, -0.05) is 51.1 Å². The van der Waals surface area contributed by atoms with Crippen LogP contribution in [0, 0.1) is 6.92 Å². The highest BCUT2D eigenvalue weighted by molar-refractivity contribution is 6.07. The molecule has 1 aromatic heterocycles. The van der Waals surface area contributed by atoms with Crippen LogP contribution in [0.1, 0.15) is 42.3 Å². The molecule has 3 aromatic carbocycles. The highest BCUT2D eigenvalue weighted by Gasteiger charge is 2.32. The van der Waals surface area contributed by atoms with Gasteiger partial charge in [-0.3, -0.25) is 19.4 Å². The number of benzene rings is 3. The molecule has 0 radical (unpaired) electrons. The van der Waals surface area contributed by atoms with E-state index in [1.807, 2.05) is 37.3 Å². The summed E-state index contributed by atoms with van der Waals surface area (Å²) in [6.07, 6.45) is 1.69. The van der Waals surface area contributed by atoms with Gasteiger partial charge in [0.05, 0.1) is 5.69 Å². The molecule has 2 heterocycles. The number of carbonyl (C=O) groups excluding carboxylic acids is 2. The SMILES string of the molecule is Cc1c(-c2cn(C)c(=O)c(Nc3cccc(C(=O)N(C)C)c3)n2)cccc1N1CCN(c2ccc(C(C)(C)C)cc2)C1=O. The summed E-state index contributed by atoms with van der Waals surface area (Å²) in [4.78, 5) is 48.9. The van der Waals surface area contributed by atoms with Gasteiger partial charge < -0.3 is 14.8 Å². The number of carbonyl (C=O) groups is 2. The molecular formula is C34H38N6O3. The van der Waals surface area contributed by atoms with Gasteiger partial charge in [-0.25, -0.2) is 9.78 Å². The molecule has 3 amide bonds. The smallest absolute Gasteiger partial charge is 0.329 e. The fourth-order valence-electron chi connectivity index (χ4n) is 5.28. The topological polar surface area (TPSA) is 90.8 Å². The van der Waals surface area contributed by atoms with Crippen LogP contribution >= 0.6 is 0 Å². The molecule has 222 valence electrons. The maximum atomic E-state index is 13.6. The Bertz CT molecular complexity index is 1750. The third-order valence-electron chi connectivity index (χ3n) is 7.78. The van der Waals surface area contributed by atoms with E-state index in [0.717, 1.165) is 22.5 Å². The zero-order chi connectivity index (χ0) is 31.1. The quantitative estimate of drug-likeness (QED) is 0.306. The molecular weight excluding hydrogens is 540 g/mol. The molecule has 1 aliphatic heterocycles. The minimum absolute atomic E-state index is 0.0383. The second-order valence-electron chi connectivity index (χ2n) is 12.1. The molecule has 43 heavy (non-hydrogen) atoms. The third kappa shape index (κ3) is 5.88. The van der Waals surface area contributed by atoms with Crippen molar-refractivity contribution in [3.8, 4) is 11.3 Å². The first-order chi connectivity index (χ1) is 20.3. The summed E-state index contributed by atoms with van der Waals surface area (Å²) < 4.78 is 1.48. The van der Waals surface area contributed by atoms with Crippen molar-refractivity contribution in [3.63, 3.8) is 0 Å². The summed E-state index contributed by atoms with van der Waals surface area (Å²) in [6, 6.07) is 20.9. The minimum atomic E-state index is -0.301. The molecule has 0 saturated carbocycles. The Morgan fingerprint density at radius 3 is 2.28 bits per heavy atom. The van der Waals surface area contributed by atoms with Crippen molar-refractivity contribution in [2.45, 2.75) is 33.1 Å². The van der Waals surface area contributed by atoms with Crippen molar-refractivity contribution in [1.29, 1.82) is 0 Å². The van der Waals surface area contributed by atoms with Crippen LogP contribution in [0.4, 0.5) is 27.7 Å². The van der Waals surface area contributed by atoms with E-state index in [1.165, 1.54) is 15.0 Å². The lowest BCUT2D eigenvalue weighted by molar-refractivity contribution is 0.0827. The van der Waals surface area contributed by atoms with E-state index in [1.54, 1.807) is 61.4 Å². The van der Waals surface area contributed by atoms with Crippen molar-refractivity contribution < 1.29 is 9.59 Å². The lowest BCUT2D eigenvalue weighted by Gasteiger charge is -2.23. The van der Waals surface area contributed by atoms with Crippen LogP contribution in [0.5, 0.6) is 0 Å². The number of aromatic nitrogens is 2. The molecule has 0 aliphatic carbocycles.